The van der Waals surface area contributed by atoms with Crippen molar-refractivity contribution in [2.45, 2.75) is 26.8 Å². The highest BCUT2D eigenvalue weighted by Gasteiger charge is 2.01. The summed E-state index contributed by atoms with van der Waals surface area (Å²) in [6.45, 7) is 5.10. The molecule has 2 heteroatoms. The molecule has 0 aliphatic carbocycles. The zero-order valence-electron chi connectivity index (χ0n) is 9.70. The van der Waals surface area contributed by atoms with E-state index in [1.165, 1.54) is 17.5 Å². The SMILES string of the molecule is Cc1ccc(C)n1CCc1cccc(F)c1. The Bertz CT molecular complexity index is 466. The van der Waals surface area contributed by atoms with E-state index in [1.54, 1.807) is 12.1 Å². The number of hydrogen-bond donors (Lipinski definition) is 0. The second-order valence-electron chi connectivity index (χ2n) is 4.15. The molecule has 2 rings (SSSR count). The quantitative estimate of drug-likeness (QED) is 0.741. The predicted octanol–water partition coefficient (Wildman–Crippen LogP) is 3.49. The summed E-state index contributed by atoms with van der Waals surface area (Å²) in [5, 5.41) is 0. The highest BCUT2D eigenvalue weighted by atomic mass is 19.1. The number of halogens is 1. The van der Waals surface area contributed by atoms with Gasteiger partial charge in [-0.3, -0.25) is 0 Å². The smallest absolute Gasteiger partial charge is 0.123 e. The molecule has 0 aliphatic rings. The molecule has 1 heterocycles. The van der Waals surface area contributed by atoms with Gasteiger partial charge < -0.3 is 4.57 Å². The lowest BCUT2D eigenvalue weighted by atomic mass is 10.1. The Morgan fingerprint density at radius 3 is 2.38 bits per heavy atom. The van der Waals surface area contributed by atoms with Crippen molar-refractivity contribution in [2.24, 2.45) is 0 Å². The van der Waals surface area contributed by atoms with E-state index in [1.807, 2.05) is 6.07 Å². The number of benzene rings is 1. The van der Waals surface area contributed by atoms with E-state index in [0.29, 0.717) is 0 Å². The third-order valence-electron chi connectivity index (χ3n) is 2.93. The van der Waals surface area contributed by atoms with E-state index in [9.17, 15) is 4.39 Å². The van der Waals surface area contributed by atoms with E-state index >= 15 is 0 Å². The summed E-state index contributed by atoms with van der Waals surface area (Å²) in [6.07, 6.45) is 0.869. The molecular formula is C14H16FN. The lowest BCUT2D eigenvalue weighted by Crippen LogP contribution is -2.04. The van der Waals surface area contributed by atoms with Gasteiger partial charge in [-0.05, 0) is 50.1 Å². The molecule has 0 amide bonds. The van der Waals surface area contributed by atoms with Crippen LogP contribution in [0.4, 0.5) is 4.39 Å². The molecule has 0 bridgehead atoms. The predicted molar refractivity (Wildman–Crippen MR) is 64.0 cm³/mol. The van der Waals surface area contributed by atoms with Gasteiger partial charge in [0, 0.05) is 17.9 Å². The molecule has 0 saturated carbocycles. The maximum absolute atomic E-state index is 13.0. The molecule has 0 saturated heterocycles. The lowest BCUT2D eigenvalue weighted by Gasteiger charge is -2.09. The van der Waals surface area contributed by atoms with Crippen LogP contribution in [0.1, 0.15) is 17.0 Å². The van der Waals surface area contributed by atoms with Crippen LogP contribution in [0.5, 0.6) is 0 Å². The summed E-state index contributed by atoms with van der Waals surface area (Å²) in [7, 11) is 0. The van der Waals surface area contributed by atoms with E-state index < -0.39 is 0 Å². The first-order valence-electron chi connectivity index (χ1n) is 5.54. The standard InChI is InChI=1S/C14H16FN/c1-11-6-7-12(2)16(11)9-8-13-4-3-5-14(15)10-13/h3-7,10H,8-9H2,1-2H3. The lowest BCUT2D eigenvalue weighted by molar-refractivity contribution is 0.619. The van der Waals surface area contributed by atoms with Crippen molar-refractivity contribution in [1.29, 1.82) is 0 Å². The van der Waals surface area contributed by atoms with Gasteiger partial charge in [0.15, 0.2) is 0 Å². The second-order valence-corrected chi connectivity index (χ2v) is 4.15. The van der Waals surface area contributed by atoms with Crippen LogP contribution >= 0.6 is 0 Å². The molecule has 0 fully saturated rings. The minimum absolute atomic E-state index is 0.154. The summed E-state index contributed by atoms with van der Waals surface area (Å²) in [5.74, 6) is -0.154. The Balaban J connectivity index is 2.08. The third kappa shape index (κ3) is 2.32. The van der Waals surface area contributed by atoms with Crippen molar-refractivity contribution in [3.05, 3.63) is 59.2 Å². The summed E-state index contributed by atoms with van der Waals surface area (Å²) in [6, 6.07) is 11.0. The molecule has 84 valence electrons. The zero-order chi connectivity index (χ0) is 11.5. The first-order chi connectivity index (χ1) is 7.66. The molecule has 0 spiro atoms. The molecule has 0 aliphatic heterocycles. The maximum Gasteiger partial charge on any atom is 0.123 e. The normalized spacial score (nSPS) is 10.7. The van der Waals surface area contributed by atoms with Crippen LogP contribution in [0, 0.1) is 19.7 Å². The van der Waals surface area contributed by atoms with Gasteiger partial charge in [0.25, 0.3) is 0 Å². The van der Waals surface area contributed by atoms with Crippen molar-refractivity contribution in [1.82, 2.24) is 4.57 Å². The minimum atomic E-state index is -0.154. The van der Waals surface area contributed by atoms with Crippen molar-refractivity contribution in [2.75, 3.05) is 0 Å². The molecule has 2 aromatic rings. The van der Waals surface area contributed by atoms with Crippen LogP contribution in [-0.2, 0) is 13.0 Å². The second kappa shape index (κ2) is 4.52. The van der Waals surface area contributed by atoms with E-state index in [4.69, 9.17) is 0 Å². The van der Waals surface area contributed by atoms with Gasteiger partial charge in [-0.2, -0.15) is 0 Å². The third-order valence-corrected chi connectivity index (χ3v) is 2.93. The minimum Gasteiger partial charge on any atom is -0.349 e. The van der Waals surface area contributed by atoms with Crippen LogP contribution in [0.15, 0.2) is 36.4 Å². The Morgan fingerprint density at radius 1 is 1.06 bits per heavy atom. The van der Waals surface area contributed by atoms with Gasteiger partial charge in [-0.1, -0.05) is 12.1 Å². The molecule has 0 radical (unpaired) electrons. The monoisotopic (exact) mass is 217 g/mol. The van der Waals surface area contributed by atoms with Crippen LogP contribution in [-0.4, -0.2) is 4.57 Å². The molecule has 1 aromatic heterocycles. The molecule has 0 atom stereocenters. The van der Waals surface area contributed by atoms with Crippen molar-refractivity contribution in [3.63, 3.8) is 0 Å². The van der Waals surface area contributed by atoms with Gasteiger partial charge in [0.1, 0.15) is 5.82 Å². The van der Waals surface area contributed by atoms with E-state index in [0.717, 1.165) is 18.5 Å². The average molecular weight is 217 g/mol. The number of aromatic nitrogens is 1. The largest absolute Gasteiger partial charge is 0.349 e. The number of nitrogens with zero attached hydrogens (tertiary/aromatic N) is 1. The van der Waals surface area contributed by atoms with Crippen molar-refractivity contribution < 1.29 is 4.39 Å². The summed E-state index contributed by atoms with van der Waals surface area (Å²) >= 11 is 0. The first-order valence-corrected chi connectivity index (χ1v) is 5.54. The molecule has 1 aromatic carbocycles. The van der Waals surface area contributed by atoms with Gasteiger partial charge in [-0.25, -0.2) is 4.39 Å². The van der Waals surface area contributed by atoms with Crippen LogP contribution in [0.3, 0.4) is 0 Å². The van der Waals surface area contributed by atoms with Gasteiger partial charge in [0.2, 0.25) is 0 Å². The van der Waals surface area contributed by atoms with E-state index in [2.05, 4.69) is 30.5 Å². The molecule has 0 N–H and O–H groups in total. The van der Waals surface area contributed by atoms with Crippen LogP contribution < -0.4 is 0 Å². The average Bonchev–Trinajstić information content (AvgIpc) is 2.56. The summed E-state index contributed by atoms with van der Waals surface area (Å²) in [5.41, 5.74) is 3.57. The fourth-order valence-corrected chi connectivity index (χ4v) is 1.99. The fourth-order valence-electron chi connectivity index (χ4n) is 1.99. The molecule has 16 heavy (non-hydrogen) atoms. The first kappa shape index (κ1) is 10.9. The van der Waals surface area contributed by atoms with Crippen molar-refractivity contribution >= 4 is 0 Å². The highest BCUT2D eigenvalue weighted by molar-refractivity contribution is 5.18. The molecule has 0 unspecified atom stereocenters. The Morgan fingerprint density at radius 2 is 1.75 bits per heavy atom. The van der Waals surface area contributed by atoms with Crippen molar-refractivity contribution in [3.8, 4) is 0 Å². The Kier molecular flexibility index (Phi) is 3.09. The Hall–Kier alpha value is -1.57. The zero-order valence-corrected chi connectivity index (χ0v) is 9.70. The fraction of sp³-hybridized carbons (Fsp3) is 0.286. The van der Waals surface area contributed by atoms with Crippen LogP contribution in [0.2, 0.25) is 0 Å². The number of hydrogen-bond acceptors (Lipinski definition) is 0. The van der Waals surface area contributed by atoms with Crippen LogP contribution in [0.25, 0.3) is 0 Å². The van der Waals surface area contributed by atoms with Gasteiger partial charge in [0.05, 0.1) is 0 Å². The Labute approximate surface area is 95.5 Å². The summed E-state index contributed by atoms with van der Waals surface area (Å²) in [4.78, 5) is 0. The van der Waals surface area contributed by atoms with Gasteiger partial charge in [-0.15, -0.1) is 0 Å². The number of rotatable bonds is 3. The molecule has 1 nitrogen and oxygen atoms in total. The molecular weight excluding hydrogens is 201 g/mol. The topological polar surface area (TPSA) is 4.93 Å². The van der Waals surface area contributed by atoms with E-state index in [-0.39, 0.29) is 5.82 Å². The number of aryl methyl sites for hydroxylation is 3. The summed E-state index contributed by atoms with van der Waals surface area (Å²) < 4.78 is 15.2. The highest BCUT2D eigenvalue weighted by Crippen LogP contribution is 2.10. The maximum atomic E-state index is 13.0. The van der Waals surface area contributed by atoms with Gasteiger partial charge >= 0.3 is 0 Å².